The number of rotatable bonds is 3. The Labute approximate surface area is 118 Å². The van der Waals surface area contributed by atoms with E-state index in [1.54, 1.807) is 24.4 Å². The first-order chi connectivity index (χ1) is 9.70. The number of fused-ring (bicyclic) bond motifs is 1. The molecule has 102 valence electrons. The van der Waals surface area contributed by atoms with Gasteiger partial charge >= 0.3 is 6.03 Å². The molecular weight excluding hydrogens is 276 g/mol. The van der Waals surface area contributed by atoms with Crippen LogP contribution in [0.4, 0.5) is 9.93 Å². The summed E-state index contributed by atoms with van der Waals surface area (Å²) in [5, 5.41) is 15.3. The summed E-state index contributed by atoms with van der Waals surface area (Å²) in [6.07, 6.45) is 1.80. The molecule has 0 spiro atoms. The molecule has 2 amide bonds. The predicted octanol–water partition coefficient (Wildman–Crippen LogP) is 2.65. The van der Waals surface area contributed by atoms with Gasteiger partial charge in [-0.05, 0) is 24.3 Å². The molecule has 0 unspecified atom stereocenters. The zero-order chi connectivity index (χ0) is 13.9. The third kappa shape index (κ3) is 2.72. The van der Waals surface area contributed by atoms with Gasteiger partial charge in [0.2, 0.25) is 0 Å². The number of amides is 2. The molecule has 0 aliphatic rings. The number of carbonyl (C=O) groups excluding carboxylic acids is 1. The highest BCUT2D eigenvalue weighted by Gasteiger charge is 2.08. The Morgan fingerprint density at radius 2 is 2.30 bits per heavy atom. The van der Waals surface area contributed by atoms with Crippen LogP contribution >= 0.6 is 11.3 Å². The van der Waals surface area contributed by atoms with Crippen molar-refractivity contribution in [2.75, 3.05) is 5.32 Å². The number of phenols is 1. The molecule has 0 fully saturated rings. The number of hydrogen-bond acceptors (Lipinski definition) is 4. The normalized spacial score (nSPS) is 10.6. The Bertz CT molecular complexity index is 736. The molecule has 0 atom stereocenters. The van der Waals surface area contributed by atoms with Crippen molar-refractivity contribution < 1.29 is 9.90 Å². The molecule has 7 heteroatoms. The molecule has 0 saturated heterocycles. The lowest BCUT2D eigenvalue weighted by Crippen LogP contribution is -2.28. The van der Waals surface area contributed by atoms with Crippen LogP contribution in [0.25, 0.3) is 10.2 Å². The van der Waals surface area contributed by atoms with E-state index in [-0.39, 0.29) is 11.8 Å². The molecule has 3 rings (SSSR count). The maximum atomic E-state index is 11.7. The maximum absolute atomic E-state index is 11.7. The Morgan fingerprint density at radius 3 is 3.10 bits per heavy atom. The lowest BCUT2D eigenvalue weighted by molar-refractivity contribution is 0.251. The second-order valence-corrected chi connectivity index (χ2v) is 5.20. The van der Waals surface area contributed by atoms with Crippen LogP contribution in [0.5, 0.6) is 5.75 Å². The minimum atomic E-state index is -0.317. The van der Waals surface area contributed by atoms with Crippen LogP contribution in [0.1, 0.15) is 5.69 Å². The lowest BCUT2D eigenvalue weighted by atomic mass is 10.3. The molecule has 3 aromatic rings. The minimum Gasteiger partial charge on any atom is -0.508 e. The summed E-state index contributed by atoms with van der Waals surface area (Å²) >= 11 is 1.36. The van der Waals surface area contributed by atoms with E-state index in [1.165, 1.54) is 11.3 Å². The highest BCUT2D eigenvalue weighted by molar-refractivity contribution is 7.22. The average Bonchev–Trinajstić information content (AvgIpc) is 3.04. The molecule has 0 radical (unpaired) electrons. The number of aromatic amines is 1. The number of hydrogen-bond donors (Lipinski definition) is 4. The molecule has 6 nitrogen and oxygen atoms in total. The topological polar surface area (TPSA) is 90.0 Å². The number of nitrogens with one attached hydrogen (secondary N) is 3. The Kier molecular flexibility index (Phi) is 3.26. The summed E-state index contributed by atoms with van der Waals surface area (Å²) in [4.78, 5) is 19.0. The molecule has 2 aromatic heterocycles. The summed E-state index contributed by atoms with van der Waals surface area (Å²) < 4.78 is 0.905. The van der Waals surface area contributed by atoms with Gasteiger partial charge < -0.3 is 15.4 Å². The van der Waals surface area contributed by atoms with Crippen LogP contribution in [0.2, 0.25) is 0 Å². The first-order valence-corrected chi connectivity index (χ1v) is 6.79. The van der Waals surface area contributed by atoms with Crippen LogP contribution in [0.15, 0.2) is 36.5 Å². The van der Waals surface area contributed by atoms with Crippen molar-refractivity contribution in [2.24, 2.45) is 0 Å². The molecule has 1 aromatic carbocycles. The maximum Gasteiger partial charge on any atom is 0.321 e. The molecule has 4 N–H and O–H groups in total. The number of phenolic OH excluding ortho intramolecular Hbond substituents is 1. The first kappa shape index (κ1) is 12.5. The van der Waals surface area contributed by atoms with Crippen LogP contribution in [-0.4, -0.2) is 21.1 Å². The highest BCUT2D eigenvalue weighted by Crippen LogP contribution is 2.28. The number of aromatic hydroxyl groups is 1. The molecular formula is C13H12N4O2S. The summed E-state index contributed by atoms with van der Waals surface area (Å²) in [6.45, 7) is 0.421. The molecule has 0 bridgehead atoms. The average molecular weight is 288 g/mol. The second kappa shape index (κ2) is 5.22. The van der Waals surface area contributed by atoms with Crippen LogP contribution < -0.4 is 10.6 Å². The standard InChI is InChI=1S/C13H12N4O2S/c18-9-3-4-11-10(6-9)16-13(20-11)17-12(19)15-7-8-2-1-5-14-8/h1-6,14,18H,7H2,(H2,15,16,17,19). The van der Waals surface area contributed by atoms with E-state index in [0.717, 1.165) is 10.4 Å². The largest absolute Gasteiger partial charge is 0.508 e. The van der Waals surface area contributed by atoms with Crippen molar-refractivity contribution in [3.8, 4) is 5.75 Å². The van der Waals surface area contributed by atoms with Crippen molar-refractivity contribution in [3.63, 3.8) is 0 Å². The predicted molar refractivity (Wildman–Crippen MR) is 77.9 cm³/mol. The van der Waals surface area contributed by atoms with E-state index in [4.69, 9.17) is 0 Å². The fourth-order valence-corrected chi connectivity index (χ4v) is 2.60. The molecule has 0 aliphatic heterocycles. The fourth-order valence-electron chi connectivity index (χ4n) is 1.76. The summed E-state index contributed by atoms with van der Waals surface area (Å²) in [6, 6.07) is 8.37. The Balaban J connectivity index is 1.65. The summed E-state index contributed by atoms with van der Waals surface area (Å²) in [5.74, 6) is 0.158. The van der Waals surface area contributed by atoms with Crippen molar-refractivity contribution in [3.05, 3.63) is 42.2 Å². The van der Waals surface area contributed by atoms with Gasteiger partial charge in [0, 0.05) is 18.0 Å². The van der Waals surface area contributed by atoms with E-state index in [9.17, 15) is 9.90 Å². The van der Waals surface area contributed by atoms with Gasteiger partial charge in [0.05, 0.1) is 16.8 Å². The highest BCUT2D eigenvalue weighted by atomic mass is 32.1. The molecule has 20 heavy (non-hydrogen) atoms. The van der Waals surface area contributed by atoms with E-state index in [2.05, 4.69) is 20.6 Å². The third-order valence-electron chi connectivity index (χ3n) is 2.69. The van der Waals surface area contributed by atoms with Gasteiger partial charge in [0.1, 0.15) is 5.75 Å². The summed E-state index contributed by atoms with van der Waals surface area (Å²) in [7, 11) is 0. The van der Waals surface area contributed by atoms with Crippen LogP contribution in [0, 0.1) is 0 Å². The van der Waals surface area contributed by atoms with Crippen molar-refractivity contribution in [1.29, 1.82) is 0 Å². The number of aromatic nitrogens is 2. The van der Waals surface area contributed by atoms with E-state index in [1.807, 2.05) is 12.1 Å². The van der Waals surface area contributed by atoms with Crippen LogP contribution in [-0.2, 0) is 6.54 Å². The van der Waals surface area contributed by atoms with Gasteiger partial charge in [-0.25, -0.2) is 9.78 Å². The molecule has 0 aliphatic carbocycles. The summed E-state index contributed by atoms with van der Waals surface area (Å²) in [5.41, 5.74) is 1.59. The number of thiazole rings is 1. The van der Waals surface area contributed by atoms with Crippen molar-refractivity contribution in [1.82, 2.24) is 15.3 Å². The van der Waals surface area contributed by atoms with Gasteiger partial charge in [-0.15, -0.1) is 0 Å². The number of H-pyrrole nitrogens is 1. The number of urea groups is 1. The van der Waals surface area contributed by atoms with E-state index < -0.39 is 0 Å². The number of benzene rings is 1. The zero-order valence-electron chi connectivity index (χ0n) is 10.4. The SMILES string of the molecule is O=C(NCc1ccc[nH]1)Nc1nc2cc(O)ccc2s1. The monoisotopic (exact) mass is 288 g/mol. The fraction of sp³-hybridized carbons (Fsp3) is 0.0769. The van der Waals surface area contributed by atoms with E-state index >= 15 is 0 Å². The van der Waals surface area contributed by atoms with Crippen molar-refractivity contribution >= 4 is 32.7 Å². The van der Waals surface area contributed by atoms with Crippen molar-refractivity contribution in [2.45, 2.75) is 6.54 Å². The minimum absolute atomic E-state index is 0.158. The molecule has 2 heterocycles. The number of carbonyl (C=O) groups is 1. The van der Waals surface area contributed by atoms with Gasteiger partial charge in [-0.2, -0.15) is 0 Å². The second-order valence-electron chi connectivity index (χ2n) is 4.17. The third-order valence-corrected chi connectivity index (χ3v) is 3.65. The van der Waals surface area contributed by atoms with Gasteiger partial charge in [0.25, 0.3) is 0 Å². The van der Waals surface area contributed by atoms with Crippen LogP contribution in [0.3, 0.4) is 0 Å². The smallest absolute Gasteiger partial charge is 0.321 e. The zero-order valence-corrected chi connectivity index (χ0v) is 11.2. The Morgan fingerprint density at radius 1 is 1.40 bits per heavy atom. The number of anilines is 1. The Hall–Kier alpha value is -2.54. The first-order valence-electron chi connectivity index (χ1n) is 5.97. The van der Waals surface area contributed by atoms with Gasteiger partial charge in [-0.3, -0.25) is 5.32 Å². The van der Waals surface area contributed by atoms with Gasteiger partial charge in [-0.1, -0.05) is 11.3 Å². The van der Waals surface area contributed by atoms with E-state index in [0.29, 0.717) is 17.2 Å². The molecule has 0 saturated carbocycles. The van der Waals surface area contributed by atoms with Gasteiger partial charge in [0.15, 0.2) is 5.13 Å². The lowest BCUT2D eigenvalue weighted by Gasteiger charge is -2.03. The number of nitrogens with zero attached hydrogens (tertiary/aromatic N) is 1. The quantitative estimate of drug-likeness (QED) is 0.597.